The third kappa shape index (κ3) is 10.8. The number of phenolic OH excluding ortho intramolecular Hbond substituents is 2. The summed E-state index contributed by atoms with van der Waals surface area (Å²) in [4.78, 5) is 0. The van der Waals surface area contributed by atoms with Gasteiger partial charge in [-0.05, 0) is 49.8 Å². The highest BCUT2D eigenvalue weighted by Crippen LogP contribution is 2.22. The summed E-state index contributed by atoms with van der Waals surface area (Å²) >= 11 is 0. The minimum atomic E-state index is 0.156. The molecule has 0 aliphatic rings. The van der Waals surface area contributed by atoms with Gasteiger partial charge in [0, 0.05) is 6.07 Å². The fourth-order valence-corrected chi connectivity index (χ4v) is 2.83. The molecule has 0 spiro atoms. The highest BCUT2D eigenvalue weighted by atomic mass is 16.3. The van der Waals surface area contributed by atoms with Crippen LogP contribution in [0, 0.1) is 0 Å². The van der Waals surface area contributed by atoms with Crippen molar-refractivity contribution >= 4 is 0 Å². The molecule has 130 valence electrons. The first-order valence-corrected chi connectivity index (χ1v) is 9.39. The van der Waals surface area contributed by atoms with Gasteiger partial charge in [0.25, 0.3) is 0 Å². The second kappa shape index (κ2) is 13.0. The summed E-state index contributed by atoms with van der Waals surface area (Å²) in [6.07, 6.45) is 19.7. The average Bonchev–Trinajstić information content (AvgIpc) is 2.51. The Labute approximate surface area is 142 Å². The van der Waals surface area contributed by atoms with Gasteiger partial charge >= 0.3 is 0 Å². The average molecular weight is 319 g/mol. The number of rotatable bonds is 13. The van der Waals surface area contributed by atoms with Crippen molar-refractivity contribution in [3.05, 3.63) is 35.9 Å². The molecule has 1 aromatic rings. The first-order valence-electron chi connectivity index (χ1n) is 9.39. The second-order valence-electron chi connectivity index (χ2n) is 6.48. The van der Waals surface area contributed by atoms with E-state index < -0.39 is 0 Å². The van der Waals surface area contributed by atoms with E-state index in [1.807, 2.05) is 0 Å². The van der Waals surface area contributed by atoms with Crippen molar-refractivity contribution < 1.29 is 10.2 Å². The van der Waals surface area contributed by atoms with E-state index in [9.17, 15) is 10.2 Å². The molecular weight excluding hydrogens is 284 g/mol. The maximum absolute atomic E-state index is 9.43. The number of benzene rings is 1. The van der Waals surface area contributed by atoms with Gasteiger partial charge in [-0.25, -0.2) is 0 Å². The lowest BCUT2D eigenvalue weighted by Gasteiger charge is -2.04. The van der Waals surface area contributed by atoms with Gasteiger partial charge in [0.05, 0.1) is 0 Å². The molecule has 1 rings (SSSR count). The van der Waals surface area contributed by atoms with Gasteiger partial charge in [0.1, 0.15) is 11.5 Å². The summed E-state index contributed by atoms with van der Waals surface area (Å²) in [5.74, 6) is 0.312. The molecule has 0 amide bonds. The van der Waals surface area contributed by atoms with E-state index in [2.05, 4.69) is 19.1 Å². The smallest absolute Gasteiger partial charge is 0.119 e. The van der Waals surface area contributed by atoms with Gasteiger partial charge in [-0.3, -0.25) is 0 Å². The predicted molar refractivity (Wildman–Crippen MR) is 99.1 cm³/mol. The van der Waals surface area contributed by atoms with Crippen LogP contribution in [-0.4, -0.2) is 10.2 Å². The lowest BCUT2D eigenvalue weighted by atomic mass is 10.0. The Morgan fingerprint density at radius 1 is 0.696 bits per heavy atom. The number of hydrogen-bond donors (Lipinski definition) is 2. The number of phenols is 2. The normalized spacial score (nSPS) is 11.3. The fraction of sp³-hybridized carbons (Fsp3) is 0.619. The maximum atomic E-state index is 9.43. The monoisotopic (exact) mass is 318 g/mol. The quantitative estimate of drug-likeness (QED) is 0.321. The summed E-state index contributed by atoms with van der Waals surface area (Å²) in [5, 5.41) is 18.9. The predicted octanol–water partition coefficient (Wildman–Crippen LogP) is 6.51. The van der Waals surface area contributed by atoms with Crippen molar-refractivity contribution in [1.82, 2.24) is 0 Å². The van der Waals surface area contributed by atoms with Gasteiger partial charge in [-0.15, -0.1) is 0 Å². The molecule has 0 atom stereocenters. The Kier molecular flexibility index (Phi) is 11.1. The van der Waals surface area contributed by atoms with E-state index in [1.165, 1.54) is 70.3 Å². The zero-order valence-corrected chi connectivity index (χ0v) is 14.8. The molecule has 0 aliphatic carbocycles. The zero-order chi connectivity index (χ0) is 16.8. The van der Waals surface area contributed by atoms with Crippen LogP contribution < -0.4 is 0 Å². The van der Waals surface area contributed by atoms with Gasteiger partial charge in [-0.2, -0.15) is 0 Å². The van der Waals surface area contributed by atoms with Crippen molar-refractivity contribution in [1.29, 1.82) is 0 Å². The molecule has 0 saturated heterocycles. The summed E-state index contributed by atoms with van der Waals surface area (Å²) in [5.41, 5.74) is 1.03. The highest BCUT2D eigenvalue weighted by molar-refractivity contribution is 5.36. The second-order valence-corrected chi connectivity index (χ2v) is 6.48. The summed E-state index contributed by atoms with van der Waals surface area (Å²) in [6.45, 7) is 2.24. The first kappa shape index (κ1) is 19.6. The number of allylic oxidation sites excluding steroid dienone is 2. The fourth-order valence-electron chi connectivity index (χ4n) is 2.83. The van der Waals surface area contributed by atoms with Crippen LogP contribution in [0.5, 0.6) is 11.5 Å². The van der Waals surface area contributed by atoms with Gasteiger partial charge in [0.2, 0.25) is 0 Å². The molecule has 1 aromatic carbocycles. The number of aromatic hydroxyl groups is 2. The lowest BCUT2D eigenvalue weighted by Crippen LogP contribution is -1.86. The van der Waals surface area contributed by atoms with Crippen molar-refractivity contribution in [2.24, 2.45) is 0 Å². The van der Waals surface area contributed by atoms with Gasteiger partial charge in [-0.1, -0.05) is 64.0 Å². The van der Waals surface area contributed by atoms with Crippen LogP contribution >= 0.6 is 0 Å². The van der Waals surface area contributed by atoms with Crippen LogP contribution in [0.3, 0.4) is 0 Å². The minimum absolute atomic E-state index is 0.156. The van der Waals surface area contributed by atoms with E-state index in [0.29, 0.717) is 0 Å². The Bertz CT molecular complexity index is 417. The molecule has 0 unspecified atom stereocenters. The highest BCUT2D eigenvalue weighted by Gasteiger charge is 1.99. The third-order valence-electron chi connectivity index (χ3n) is 4.19. The number of aryl methyl sites for hydroxylation is 1. The maximum Gasteiger partial charge on any atom is 0.119 e. The van der Waals surface area contributed by atoms with Gasteiger partial charge < -0.3 is 10.2 Å². The molecule has 0 fully saturated rings. The van der Waals surface area contributed by atoms with Gasteiger partial charge in [0.15, 0.2) is 0 Å². The first-order chi connectivity index (χ1) is 11.2. The molecule has 0 saturated carbocycles. The van der Waals surface area contributed by atoms with E-state index >= 15 is 0 Å². The van der Waals surface area contributed by atoms with E-state index in [4.69, 9.17) is 0 Å². The summed E-state index contributed by atoms with van der Waals surface area (Å²) < 4.78 is 0. The molecule has 23 heavy (non-hydrogen) atoms. The Morgan fingerprint density at radius 2 is 1.22 bits per heavy atom. The zero-order valence-electron chi connectivity index (χ0n) is 14.8. The number of hydrogen-bond acceptors (Lipinski definition) is 2. The van der Waals surface area contributed by atoms with Crippen molar-refractivity contribution in [2.75, 3.05) is 0 Å². The van der Waals surface area contributed by atoms with E-state index in [1.54, 1.807) is 12.1 Å². The topological polar surface area (TPSA) is 40.5 Å². The van der Waals surface area contributed by atoms with Crippen LogP contribution in [0.25, 0.3) is 0 Å². The Morgan fingerprint density at radius 3 is 1.83 bits per heavy atom. The van der Waals surface area contributed by atoms with Crippen LogP contribution in [0.2, 0.25) is 0 Å². The Balaban J connectivity index is 1.91. The summed E-state index contributed by atoms with van der Waals surface area (Å²) in [6, 6.07) is 4.87. The molecule has 0 aromatic heterocycles. The third-order valence-corrected chi connectivity index (χ3v) is 4.19. The minimum Gasteiger partial charge on any atom is -0.508 e. The van der Waals surface area contributed by atoms with E-state index in [0.717, 1.165) is 18.4 Å². The molecule has 2 heteroatoms. The molecule has 0 aliphatic heterocycles. The number of unbranched alkanes of at least 4 members (excludes halogenated alkanes) is 9. The van der Waals surface area contributed by atoms with Crippen molar-refractivity contribution in [2.45, 2.75) is 84.0 Å². The molecule has 2 N–H and O–H groups in total. The van der Waals surface area contributed by atoms with E-state index in [-0.39, 0.29) is 11.5 Å². The molecule has 0 heterocycles. The largest absolute Gasteiger partial charge is 0.508 e. The molecule has 0 radical (unpaired) electrons. The SMILES string of the molecule is CCCC/C=C/CCCCCCCCCc1cc(O)cc(O)c1. The lowest BCUT2D eigenvalue weighted by molar-refractivity contribution is 0.449. The van der Waals surface area contributed by atoms with Crippen molar-refractivity contribution in [3.8, 4) is 11.5 Å². The molecular formula is C21H34O2. The van der Waals surface area contributed by atoms with Crippen LogP contribution in [0.4, 0.5) is 0 Å². The molecule has 2 nitrogen and oxygen atoms in total. The summed E-state index contributed by atoms with van der Waals surface area (Å²) in [7, 11) is 0. The van der Waals surface area contributed by atoms with Crippen LogP contribution in [-0.2, 0) is 6.42 Å². The van der Waals surface area contributed by atoms with Crippen LogP contribution in [0.1, 0.15) is 83.1 Å². The standard InChI is InChI=1S/C21H34O2/c1-2-3-4-5-6-7-8-9-10-11-12-13-14-15-19-16-20(22)18-21(23)17-19/h5-6,16-18,22-23H,2-4,7-15H2,1H3/b6-5+. The molecule has 0 bridgehead atoms. The van der Waals surface area contributed by atoms with Crippen LogP contribution in [0.15, 0.2) is 30.4 Å². The van der Waals surface area contributed by atoms with Crippen molar-refractivity contribution in [3.63, 3.8) is 0 Å². The Hall–Kier alpha value is -1.44.